The van der Waals surface area contributed by atoms with E-state index in [0.717, 1.165) is 22.3 Å². The molecule has 0 N–H and O–H groups in total. The van der Waals surface area contributed by atoms with E-state index in [1.54, 1.807) is 41.3 Å². The van der Waals surface area contributed by atoms with Crippen LogP contribution in [-0.4, -0.2) is 22.0 Å². The number of benzene rings is 4. The summed E-state index contributed by atoms with van der Waals surface area (Å²) < 4.78 is 6.88. The highest BCUT2D eigenvalue weighted by Crippen LogP contribution is 2.55. The van der Waals surface area contributed by atoms with Crippen molar-refractivity contribution in [2.24, 2.45) is 0 Å². The maximum Gasteiger partial charge on any atom is 0.297 e. The van der Waals surface area contributed by atoms with Gasteiger partial charge < -0.3 is 9.32 Å². The average molecular weight is 712 g/mol. The third-order valence-electron chi connectivity index (χ3n) is 8.86. The van der Waals surface area contributed by atoms with Crippen LogP contribution in [0.3, 0.4) is 0 Å². The van der Waals surface area contributed by atoms with Gasteiger partial charge in [-0.25, -0.2) is 0 Å². The van der Waals surface area contributed by atoms with Crippen molar-refractivity contribution < 1.29 is 14.0 Å². The molecule has 1 spiro atoms. The van der Waals surface area contributed by atoms with Crippen LogP contribution in [0.25, 0.3) is 11.0 Å². The molecule has 8 rings (SSSR count). The van der Waals surface area contributed by atoms with Crippen LogP contribution < -0.4 is 15.2 Å². The molecular weight excluding hydrogens is 687 g/mol. The summed E-state index contributed by atoms with van der Waals surface area (Å²) in [6.45, 7) is 4.00. The fraction of sp³-hybridized carbons (Fsp3) is 0.139. The number of carbonyl (C=O) groups is 2. The Hall–Kier alpha value is -4.48. The van der Waals surface area contributed by atoms with Gasteiger partial charge in [-0.15, -0.1) is 10.2 Å². The molecule has 2 aromatic heterocycles. The number of aryl methyl sites for hydroxylation is 2. The van der Waals surface area contributed by atoms with E-state index in [0.29, 0.717) is 36.8 Å². The number of thioether (sulfide) groups is 1. The van der Waals surface area contributed by atoms with E-state index in [1.807, 2.05) is 62.4 Å². The molecular formula is C36H24Cl2N4O4S2. The molecule has 0 saturated heterocycles. The zero-order chi connectivity index (χ0) is 33.3. The molecule has 4 aromatic carbocycles. The van der Waals surface area contributed by atoms with E-state index >= 15 is 4.79 Å². The number of para-hydroxylation sites is 1. The Bertz CT molecular complexity index is 2360. The van der Waals surface area contributed by atoms with Crippen LogP contribution in [0.1, 0.15) is 43.9 Å². The molecule has 48 heavy (non-hydrogen) atoms. The van der Waals surface area contributed by atoms with Crippen molar-refractivity contribution in [1.29, 1.82) is 0 Å². The number of amides is 2. The number of nitrogens with zero attached hydrogens (tertiary/aromatic N) is 4. The van der Waals surface area contributed by atoms with Crippen molar-refractivity contribution in [2.75, 3.05) is 9.80 Å². The van der Waals surface area contributed by atoms with Crippen LogP contribution in [0.15, 0.2) is 98.5 Å². The lowest BCUT2D eigenvalue weighted by Crippen LogP contribution is -2.53. The third-order valence-corrected chi connectivity index (χ3v) is 11.5. The first-order chi connectivity index (χ1) is 23.2. The highest BCUT2D eigenvalue weighted by Gasteiger charge is 2.66. The fourth-order valence-corrected chi connectivity index (χ4v) is 8.52. The van der Waals surface area contributed by atoms with Gasteiger partial charge in [0.25, 0.3) is 11.8 Å². The normalized spacial score (nSPS) is 16.8. The molecule has 0 radical (unpaired) electrons. The Balaban J connectivity index is 1.32. The van der Waals surface area contributed by atoms with Gasteiger partial charge >= 0.3 is 0 Å². The summed E-state index contributed by atoms with van der Waals surface area (Å²) in [5, 5.41) is 10.5. The first-order valence-electron chi connectivity index (χ1n) is 15.0. The number of rotatable bonds is 6. The van der Waals surface area contributed by atoms with Crippen LogP contribution in [0.5, 0.6) is 0 Å². The molecule has 1 unspecified atom stereocenters. The molecule has 0 aliphatic carbocycles. The first kappa shape index (κ1) is 30.8. The SMILES string of the molecule is Cc1cc2oc3c(c(=O)c2cc1C)C1(C(=O)N(Cc2ccc(Cl)cc2)c2ccccc21)N(c1nnc(SCc2ccc(Cl)cc2)s1)C3=O. The Morgan fingerprint density at radius 2 is 1.52 bits per heavy atom. The minimum absolute atomic E-state index is 0.0233. The highest BCUT2D eigenvalue weighted by atomic mass is 35.5. The van der Waals surface area contributed by atoms with Crippen LogP contribution in [0, 0.1) is 13.8 Å². The fourth-order valence-electron chi connectivity index (χ4n) is 6.42. The molecule has 0 fully saturated rings. The van der Waals surface area contributed by atoms with E-state index in [4.69, 9.17) is 27.6 Å². The van der Waals surface area contributed by atoms with Gasteiger partial charge in [0.15, 0.2) is 15.3 Å². The standard InChI is InChI=1S/C36H24Cl2N4O4S2/c1-19-15-25-28(16-20(19)2)46-31-29(30(25)43)36(26-5-3-4-6-27(26)41(33(36)45)17-21-7-11-23(37)12-8-21)42(32(31)44)34-39-40-35(48-34)47-18-22-9-13-24(38)14-10-22/h3-16H,17-18H2,1-2H3. The molecule has 1 atom stereocenters. The molecule has 0 bridgehead atoms. The van der Waals surface area contributed by atoms with E-state index < -0.39 is 22.8 Å². The van der Waals surface area contributed by atoms with E-state index in [1.165, 1.54) is 28.0 Å². The number of carbonyl (C=O) groups excluding carboxylic acids is 2. The summed E-state index contributed by atoms with van der Waals surface area (Å²) in [6, 6.07) is 25.5. The van der Waals surface area contributed by atoms with Gasteiger partial charge in [-0.1, -0.05) is 88.8 Å². The van der Waals surface area contributed by atoms with Crippen LogP contribution >= 0.6 is 46.3 Å². The number of hydrogen-bond donors (Lipinski definition) is 0. The summed E-state index contributed by atoms with van der Waals surface area (Å²) in [6.07, 6.45) is 0. The smallest absolute Gasteiger partial charge is 0.297 e. The van der Waals surface area contributed by atoms with Crippen LogP contribution in [-0.2, 0) is 22.6 Å². The predicted molar refractivity (Wildman–Crippen MR) is 190 cm³/mol. The molecule has 2 aliphatic heterocycles. The Labute approximate surface area is 292 Å². The lowest BCUT2D eigenvalue weighted by molar-refractivity contribution is -0.121. The monoisotopic (exact) mass is 710 g/mol. The topological polar surface area (TPSA) is 96.6 Å². The number of anilines is 2. The van der Waals surface area contributed by atoms with Gasteiger partial charge in [-0.05, 0) is 78.6 Å². The zero-order valence-electron chi connectivity index (χ0n) is 25.5. The molecule has 8 nitrogen and oxygen atoms in total. The van der Waals surface area contributed by atoms with E-state index in [9.17, 15) is 9.59 Å². The summed E-state index contributed by atoms with van der Waals surface area (Å²) in [5.74, 6) is -0.694. The summed E-state index contributed by atoms with van der Waals surface area (Å²) in [4.78, 5) is 47.3. The zero-order valence-corrected chi connectivity index (χ0v) is 28.6. The second-order valence-electron chi connectivity index (χ2n) is 11.7. The largest absolute Gasteiger partial charge is 0.450 e. The minimum atomic E-state index is -1.87. The molecule has 238 valence electrons. The van der Waals surface area contributed by atoms with Crippen molar-refractivity contribution in [3.05, 3.63) is 144 Å². The summed E-state index contributed by atoms with van der Waals surface area (Å²) in [5.41, 5.74) is 2.65. The predicted octanol–water partition coefficient (Wildman–Crippen LogP) is 8.31. The Kier molecular flexibility index (Phi) is 7.44. The molecule has 4 heterocycles. The number of hydrogen-bond acceptors (Lipinski definition) is 8. The van der Waals surface area contributed by atoms with Crippen molar-refractivity contribution in [1.82, 2.24) is 10.2 Å². The van der Waals surface area contributed by atoms with Crippen molar-refractivity contribution in [3.8, 4) is 0 Å². The maximum absolute atomic E-state index is 15.2. The molecule has 6 aromatic rings. The van der Waals surface area contributed by atoms with Gasteiger partial charge in [0.1, 0.15) is 5.58 Å². The molecule has 12 heteroatoms. The number of halogens is 2. The van der Waals surface area contributed by atoms with E-state index in [-0.39, 0.29) is 28.6 Å². The van der Waals surface area contributed by atoms with Crippen molar-refractivity contribution >= 4 is 79.9 Å². The Morgan fingerprint density at radius 3 is 2.25 bits per heavy atom. The van der Waals surface area contributed by atoms with E-state index in [2.05, 4.69) is 10.2 Å². The minimum Gasteiger partial charge on any atom is -0.450 e. The number of fused-ring (bicyclic) bond motifs is 5. The average Bonchev–Trinajstić information content (AvgIpc) is 3.72. The van der Waals surface area contributed by atoms with Gasteiger partial charge in [-0.3, -0.25) is 19.3 Å². The van der Waals surface area contributed by atoms with Gasteiger partial charge in [0, 0.05) is 21.4 Å². The highest BCUT2D eigenvalue weighted by molar-refractivity contribution is 8.00. The molecule has 2 aliphatic rings. The van der Waals surface area contributed by atoms with Gasteiger partial charge in [0.05, 0.1) is 23.2 Å². The Morgan fingerprint density at radius 1 is 0.854 bits per heavy atom. The molecule has 2 amide bonds. The number of aromatic nitrogens is 2. The van der Waals surface area contributed by atoms with Crippen LogP contribution in [0.2, 0.25) is 10.0 Å². The van der Waals surface area contributed by atoms with Crippen molar-refractivity contribution in [2.45, 2.75) is 36.0 Å². The lowest BCUT2D eigenvalue weighted by atomic mass is 9.84. The lowest BCUT2D eigenvalue weighted by Gasteiger charge is -2.32. The van der Waals surface area contributed by atoms with Crippen molar-refractivity contribution in [3.63, 3.8) is 0 Å². The third kappa shape index (κ3) is 4.69. The maximum atomic E-state index is 15.2. The molecule has 0 saturated carbocycles. The second kappa shape index (κ2) is 11.6. The van der Waals surface area contributed by atoms with Crippen LogP contribution in [0.4, 0.5) is 10.8 Å². The van der Waals surface area contributed by atoms with Gasteiger partial charge in [0.2, 0.25) is 10.9 Å². The van der Waals surface area contributed by atoms with Gasteiger partial charge in [-0.2, -0.15) is 0 Å². The second-order valence-corrected chi connectivity index (χ2v) is 14.8. The first-order valence-corrected chi connectivity index (χ1v) is 17.5. The summed E-state index contributed by atoms with van der Waals surface area (Å²) in [7, 11) is 0. The quantitative estimate of drug-likeness (QED) is 0.127. The summed E-state index contributed by atoms with van der Waals surface area (Å²) >= 11 is 14.8.